The predicted molar refractivity (Wildman–Crippen MR) is 102 cm³/mol. The van der Waals surface area contributed by atoms with Crippen molar-refractivity contribution in [3.8, 4) is 11.3 Å². The Morgan fingerprint density at radius 3 is 2.56 bits per heavy atom. The zero-order chi connectivity index (χ0) is 17.2. The maximum absolute atomic E-state index is 4.75. The van der Waals surface area contributed by atoms with Crippen LogP contribution in [0, 0.1) is 6.92 Å². The number of benzene rings is 1. The molecule has 0 aliphatic carbocycles. The largest absolute Gasteiger partial charge is 0.377 e. The van der Waals surface area contributed by atoms with Gasteiger partial charge in [0.1, 0.15) is 5.65 Å². The van der Waals surface area contributed by atoms with Gasteiger partial charge < -0.3 is 9.72 Å². The third kappa shape index (κ3) is 3.11. The van der Waals surface area contributed by atoms with Crippen LogP contribution in [0.25, 0.3) is 16.9 Å². The van der Waals surface area contributed by atoms with Crippen LogP contribution in [0.1, 0.15) is 24.2 Å². The molecular formula is C21H20N4. The van der Waals surface area contributed by atoms with Crippen LogP contribution in [-0.2, 0) is 0 Å². The fourth-order valence-corrected chi connectivity index (χ4v) is 2.99. The monoisotopic (exact) mass is 328 g/mol. The van der Waals surface area contributed by atoms with Gasteiger partial charge in [0, 0.05) is 29.8 Å². The zero-order valence-corrected chi connectivity index (χ0v) is 14.3. The van der Waals surface area contributed by atoms with Gasteiger partial charge in [0.25, 0.3) is 0 Å². The number of aryl methyl sites for hydroxylation is 1. The Bertz CT molecular complexity index is 988. The van der Waals surface area contributed by atoms with Gasteiger partial charge in [-0.05, 0) is 49.7 Å². The van der Waals surface area contributed by atoms with Crippen LogP contribution in [0.5, 0.6) is 0 Å². The van der Waals surface area contributed by atoms with Crippen LogP contribution >= 0.6 is 0 Å². The van der Waals surface area contributed by atoms with Crippen molar-refractivity contribution < 1.29 is 0 Å². The van der Waals surface area contributed by atoms with Crippen molar-refractivity contribution >= 4 is 11.3 Å². The molecule has 124 valence electrons. The summed E-state index contributed by atoms with van der Waals surface area (Å²) in [5, 5.41) is 3.48. The summed E-state index contributed by atoms with van der Waals surface area (Å²) in [4.78, 5) is 9.15. The van der Waals surface area contributed by atoms with E-state index in [9.17, 15) is 0 Å². The number of imidazole rings is 1. The minimum Gasteiger partial charge on any atom is -0.377 e. The molecule has 0 saturated heterocycles. The van der Waals surface area contributed by atoms with E-state index in [1.165, 1.54) is 5.56 Å². The Balaban J connectivity index is 1.56. The molecule has 4 rings (SSSR count). The predicted octanol–water partition coefficient (Wildman–Crippen LogP) is 4.88. The van der Waals surface area contributed by atoms with Crippen molar-refractivity contribution in [2.24, 2.45) is 0 Å². The van der Waals surface area contributed by atoms with Crippen LogP contribution in [-0.4, -0.2) is 14.4 Å². The van der Waals surface area contributed by atoms with E-state index in [0.29, 0.717) is 0 Å². The van der Waals surface area contributed by atoms with E-state index >= 15 is 0 Å². The minimum atomic E-state index is 0.157. The number of nitrogens with zero attached hydrogens (tertiary/aromatic N) is 3. The number of aromatic nitrogens is 3. The molecule has 1 N–H and O–H groups in total. The van der Waals surface area contributed by atoms with Crippen LogP contribution in [0.3, 0.4) is 0 Å². The summed E-state index contributed by atoms with van der Waals surface area (Å²) < 4.78 is 2.07. The normalized spacial score (nSPS) is 12.2. The summed E-state index contributed by atoms with van der Waals surface area (Å²) >= 11 is 0. The summed E-state index contributed by atoms with van der Waals surface area (Å²) in [6, 6.07) is 18.6. The van der Waals surface area contributed by atoms with Gasteiger partial charge in [0.2, 0.25) is 0 Å². The second-order valence-corrected chi connectivity index (χ2v) is 6.25. The van der Waals surface area contributed by atoms with E-state index in [1.54, 1.807) is 0 Å². The molecule has 4 nitrogen and oxygen atoms in total. The quantitative estimate of drug-likeness (QED) is 0.580. The summed E-state index contributed by atoms with van der Waals surface area (Å²) in [5.41, 5.74) is 6.38. The summed E-state index contributed by atoms with van der Waals surface area (Å²) in [5.74, 6) is 0. The Hall–Kier alpha value is -3.14. The molecule has 1 unspecified atom stereocenters. The zero-order valence-electron chi connectivity index (χ0n) is 14.3. The Morgan fingerprint density at radius 1 is 1.00 bits per heavy atom. The number of nitrogens with one attached hydrogen (secondary N) is 1. The summed E-state index contributed by atoms with van der Waals surface area (Å²) in [6.07, 6.45) is 5.92. The number of hydrogen-bond acceptors (Lipinski definition) is 3. The SMILES string of the molecule is Cc1cccn2cc(-c3ccc(NC(C)c4ccccn4)cc3)nc12. The molecule has 1 atom stereocenters. The topological polar surface area (TPSA) is 42.2 Å². The lowest BCUT2D eigenvalue weighted by molar-refractivity contribution is 0.839. The first-order chi connectivity index (χ1) is 12.2. The van der Waals surface area contributed by atoms with E-state index in [0.717, 1.165) is 28.3 Å². The van der Waals surface area contributed by atoms with E-state index in [4.69, 9.17) is 4.98 Å². The molecule has 25 heavy (non-hydrogen) atoms. The molecule has 0 amide bonds. The number of rotatable bonds is 4. The van der Waals surface area contributed by atoms with Gasteiger partial charge in [0.15, 0.2) is 0 Å². The lowest BCUT2D eigenvalue weighted by Gasteiger charge is -2.14. The van der Waals surface area contributed by atoms with E-state index in [2.05, 4.69) is 65.1 Å². The minimum absolute atomic E-state index is 0.157. The Labute approximate surface area is 147 Å². The fourth-order valence-electron chi connectivity index (χ4n) is 2.99. The van der Waals surface area contributed by atoms with Gasteiger partial charge in [-0.15, -0.1) is 0 Å². The number of pyridine rings is 2. The molecule has 0 spiro atoms. The summed E-state index contributed by atoms with van der Waals surface area (Å²) in [7, 11) is 0. The highest BCUT2D eigenvalue weighted by Gasteiger charge is 2.08. The first kappa shape index (κ1) is 15.4. The van der Waals surface area contributed by atoms with Crippen molar-refractivity contribution in [3.05, 3.63) is 84.4 Å². The van der Waals surface area contributed by atoms with Crippen molar-refractivity contribution in [3.63, 3.8) is 0 Å². The molecule has 0 aliphatic heterocycles. The third-order valence-corrected chi connectivity index (χ3v) is 4.37. The van der Waals surface area contributed by atoms with Gasteiger partial charge in [-0.25, -0.2) is 4.98 Å². The molecule has 0 aliphatic rings. The van der Waals surface area contributed by atoms with Crippen LogP contribution < -0.4 is 5.32 Å². The fraction of sp³-hybridized carbons (Fsp3) is 0.143. The van der Waals surface area contributed by atoms with E-state index in [-0.39, 0.29) is 6.04 Å². The smallest absolute Gasteiger partial charge is 0.140 e. The molecule has 0 bridgehead atoms. The standard InChI is InChI=1S/C21H20N4/c1-15-6-5-13-25-14-20(24-21(15)25)17-8-10-18(11-9-17)23-16(2)19-7-3-4-12-22-19/h3-14,16,23H,1-2H3. The Kier molecular flexibility index (Phi) is 3.94. The van der Waals surface area contributed by atoms with Gasteiger partial charge in [-0.3, -0.25) is 4.98 Å². The molecule has 0 fully saturated rings. The number of fused-ring (bicyclic) bond motifs is 1. The molecule has 0 saturated carbocycles. The maximum Gasteiger partial charge on any atom is 0.140 e. The average Bonchev–Trinajstić information content (AvgIpc) is 3.09. The molecular weight excluding hydrogens is 308 g/mol. The maximum atomic E-state index is 4.75. The van der Waals surface area contributed by atoms with Gasteiger partial charge in [0.05, 0.1) is 17.4 Å². The van der Waals surface area contributed by atoms with Crippen molar-refractivity contribution in [2.45, 2.75) is 19.9 Å². The first-order valence-corrected chi connectivity index (χ1v) is 8.43. The van der Waals surface area contributed by atoms with Crippen LogP contribution in [0.4, 0.5) is 5.69 Å². The van der Waals surface area contributed by atoms with Crippen LogP contribution in [0.15, 0.2) is 73.2 Å². The second-order valence-electron chi connectivity index (χ2n) is 6.25. The van der Waals surface area contributed by atoms with E-state index in [1.807, 2.05) is 36.7 Å². The molecule has 0 radical (unpaired) electrons. The lowest BCUT2D eigenvalue weighted by atomic mass is 10.1. The highest BCUT2D eigenvalue weighted by Crippen LogP contribution is 2.24. The van der Waals surface area contributed by atoms with Crippen molar-refractivity contribution in [1.82, 2.24) is 14.4 Å². The van der Waals surface area contributed by atoms with Gasteiger partial charge in [-0.2, -0.15) is 0 Å². The van der Waals surface area contributed by atoms with Crippen molar-refractivity contribution in [1.29, 1.82) is 0 Å². The van der Waals surface area contributed by atoms with Crippen molar-refractivity contribution in [2.75, 3.05) is 5.32 Å². The second kappa shape index (κ2) is 6.40. The van der Waals surface area contributed by atoms with Crippen LogP contribution in [0.2, 0.25) is 0 Å². The van der Waals surface area contributed by atoms with Gasteiger partial charge in [-0.1, -0.05) is 24.3 Å². The molecule has 3 aromatic heterocycles. The highest BCUT2D eigenvalue weighted by molar-refractivity contribution is 5.66. The Morgan fingerprint density at radius 2 is 1.84 bits per heavy atom. The van der Waals surface area contributed by atoms with E-state index < -0.39 is 0 Å². The molecule has 1 aromatic carbocycles. The highest BCUT2D eigenvalue weighted by atomic mass is 15.0. The molecule has 3 heterocycles. The first-order valence-electron chi connectivity index (χ1n) is 8.43. The lowest BCUT2D eigenvalue weighted by Crippen LogP contribution is -2.07. The summed E-state index contributed by atoms with van der Waals surface area (Å²) in [6.45, 7) is 4.19. The molecule has 4 heteroatoms. The van der Waals surface area contributed by atoms with Gasteiger partial charge >= 0.3 is 0 Å². The number of anilines is 1. The third-order valence-electron chi connectivity index (χ3n) is 4.37. The molecule has 4 aromatic rings. The number of hydrogen-bond donors (Lipinski definition) is 1. The average molecular weight is 328 g/mol.